The average molecular weight is 297 g/mol. The number of aromatic nitrogens is 3. The maximum Gasteiger partial charge on any atom is 0.110 e. The van der Waals surface area contributed by atoms with Crippen LogP contribution in [0.2, 0.25) is 0 Å². The van der Waals surface area contributed by atoms with Gasteiger partial charge in [0, 0.05) is 11.8 Å². The summed E-state index contributed by atoms with van der Waals surface area (Å²) in [4.78, 5) is 9.31. The largest absolute Gasteiger partial charge is 0.394 e. The molecular formula is C18H23N3O. The summed E-state index contributed by atoms with van der Waals surface area (Å²) in [5, 5.41) is 11.0. The van der Waals surface area contributed by atoms with Crippen molar-refractivity contribution in [1.82, 2.24) is 14.5 Å². The summed E-state index contributed by atoms with van der Waals surface area (Å²) >= 11 is 0. The van der Waals surface area contributed by atoms with Crippen LogP contribution >= 0.6 is 0 Å². The molecule has 0 amide bonds. The summed E-state index contributed by atoms with van der Waals surface area (Å²) in [5.74, 6) is 1.06. The van der Waals surface area contributed by atoms with Crippen LogP contribution in [0.1, 0.15) is 45.0 Å². The van der Waals surface area contributed by atoms with Crippen molar-refractivity contribution in [3.63, 3.8) is 0 Å². The van der Waals surface area contributed by atoms with Gasteiger partial charge >= 0.3 is 0 Å². The minimum atomic E-state index is 0.0855. The quantitative estimate of drug-likeness (QED) is 0.751. The lowest BCUT2D eigenvalue weighted by Crippen LogP contribution is -2.16. The first kappa shape index (κ1) is 15.0. The zero-order chi connectivity index (χ0) is 15.5. The zero-order valence-electron chi connectivity index (χ0n) is 13.3. The number of imidazole rings is 1. The zero-order valence-corrected chi connectivity index (χ0v) is 13.3. The van der Waals surface area contributed by atoms with Gasteiger partial charge in [0.25, 0.3) is 0 Å². The number of para-hydroxylation sites is 1. The SMILES string of the molecule is CCCc1nc2cnc3ccccc3c2n1C(CO)CCC. The third-order valence-electron chi connectivity index (χ3n) is 4.17. The number of nitrogens with zero attached hydrogens (tertiary/aromatic N) is 3. The highest BCUT2D eigenvalue weighted by Crippen LogP contribution is 2.29. The molecule has 0 radical (unpaired) electrons. The van der Waals surface area contributed by atoms with Crippen LogP contribution in [0.4, 0.5) is 0 Å². The predicted octanol–water partition coefficient (Wildman–Crippen LogP) is 3.87. The van der Waals surface area contributed by atoms with Crippen molar-refractivity contribution in [3.05, 3.63) is 36.3 Å². The molecule has 1 aromatic carbocycles. The molecule has 0 aliphatic rings. The molecule has 22 heavy (non-hydrogen) atoms. The molecule has 1 N–H and O–H groups in total. The first-order valence-corrected chi connectivity index (χ1v) is 8.15. The van der Waals surface area contributed by atoms with Crippen molar-refractivity contribution in [2.75, 3.05) is 6.61 Å². The number of rotatable bonds is 6. The van der Waals surface area contributed by atoms with E-state index in [-0.39, 0.29) is 12.6 Å². The van der Waals surface area contributed by atoms with Crippen molar-refractivity contribution in [2.24, 2.45) is 0 Å². The van der Waals surface area contributed by atoms with Crippen LogP contribution in [0.3, 0.4) is 0 Å². The van der Waals surface area contributed by atoms with Crippen LogP contribution in [0, 0.1) is 0 Å². The summed E-state index contributed by atoms with van der Waals surface area (Å²) in [6.07, 6.45) is 5.81. The van der Waals surface area contributed by atoms with Crippen LogP contribution in [-0.2, 0) is 6.42 Å². The van der Waals surface area contributed by atoms with E-state index in [0.29, 0.717) is 0 Å². The van der Waals surface area contributed by atoms with E-state index in [9.17, 15) is 5.11 Å². The van der Waals surface area contributed by atoms with Gasteiger partial charge in [-0.15, -0.1) is 0 Å². The number of hydrogen-bond donors (Lipinski definition) is 1. The Labute approximate surface area is 130 Å². The molecule has 0 saturated carbocycles. The molecule has 4 nitrogen and oxygen atoms in total. The van der Waals surface area contributed by atoms with E-state index in [1.807, 2.05) is 24.4 Å². The summed E-state index contributed by atoms with van der Waals surface area (Å²) < 4.78 is 2.26. The van der Waals surface area contributed by atoms with Crippen LogP contribution in [0.5, 0.6) is 0 Å². The number of benzene rings is 1. The first-order valence-electron chi connectivity index (χ1n) is 8.15. The minimum absolute atomic E-state index is 0.0855. The number of aliphatic hydroxyl groups is 1. The van der Waals surface area contributed by atoms with Gasteiger partial charge in [0.1, 0.15) is 11.3 Å². The number of aryl methyl sites for hydroxylation is 1. The molecule has 0 bridgehead atoms. The van der Waals surface area contributed by atoms with Crippen molar-refractivity contribution < 1.29 is 5.11 Å². The van der Waals surface area contributed by atoms with Crippen molar-refractivity contribution in [2.45, 2.75) is 45.6 Å². The molecule has 3 rings (SSSR count). The van der Waals surface area contributed by atoms with E-state index in [0.717, 1.165) is 53.4 Å². The second kappa shape index (κ2) is 6.44. The summed E-state index contributed by atoms with van der Waals surface area (Å²) in [6.45, 7) is 4.46. The summed E-state index contributed by atoms with van der Waals surface area (Å²) in [7, 11) is 0. The Morgan fingerprint density at radius 3 is 2.68 bits per heavy atom. The van der Waals surface area contributed by atoms with E-state index in [2.05, 4.69) is 29.5 Å². The van der Waals surface area contributed by atoms with Gasteiger partial charge < -0.3 is 9.67 Å². The summed E-state index contributed by atoms with van der Waals surface area (Å²) in [6, 6.07) is 8.25. The fourth-order valence-electron chi connectivity index (χ4n) is 3.20. The van der Waals surface area contributed by atoms with Gasteiger partial charge in [-0.3, -0.25) is 4.98 Å². The third-order valence-corrected chi connectivity index (χ3v) is 4.17. The topological polar surface area (TPSA) is 50.9 Å². The lowest BCUT2D eigenvalue weighted by Gasteiger charge is -2.19. The Morgan fingerprint density at radius 2 is 1.95 bits per heavy atom. The Morgan fingerprint density at radius 1 is 1.14 bits per heavy atom. The Balaban J connectivity index is 2.33. The van der Waals surface area contributed by atoms with Crippen molar-refractivity contribution >= 4 is 21.9 Å². The third kappa shape index (κ3) is 2.48. The van der Waals surface area contributed by atoms with Gasteiger partial charge in [0.15, 0.2) is 0 Å². The van der Waals surface area contributed by atoms with Crippen LogP contribution in [0.25, 0.3) is 21.9 Å². The molecular weight excluding hydrogens is 274 g/mol. The summed E-state index contributed by atoms with van der Waals surface area (Å²) in [5.41, 5.74) is 3.02. The average Bonchev–Trinajstić information content (AvgIpc) is 2.91. The maximum atomic E-state index is 9.89. The van der Waals surface area contributed by atoms with Crippen molar-refractivity contribution in [1.29, 1.82) is 0 Å². The number of fused-ring (bicyclic) bond motifs is 3. The van der Waals surface area contributed by atoms with Gasteiger partial charge in [-0.1, -0.05) is 38.5 Å². The number of aliphatic hydroxyl groups excluding tert-OH is 1. The molecule has 1 unspecified atom stereocenters. The van der Waals surface area contributed by atoms with Gasteiger partial charge in [-0.25, -0.2) is 4.98 Å². The second-order valence-electron chi connectivity index (χ2n) is 5.78. The molecule has 3 aromatic rings. The fourth-order valence-corrected chi connectivity index (χ4v) is 3.20. The van der Waals surface area contributed by atoms with E-state index < -0.39 is 0 Å². The standard InChI is InChI=1S/C18H23N3O/c1-3-7-13(12-22)21-17(8-4-2)20-16-11-19-15-10-6-5-9-14(15)18(16)21/h5-6,9-11,13,22H,3-4,7-8,12H2,1-2H3. The molecule has 4 heteroatoms. The first-order chi connectivity index (χ1) is 10.8. The molecule has 2 aromatic heterocycles. The molecule has 2 heterocycles. The lowest BCUT2D eigenvalue weighted by atomic mass is 10.1. The van der Waals surface area contributed by atoms with Gasteiger partial charge in [0.2, 0.25) is 0 Å². The maximum absolute atomic E-state index is 9.89. The Bertz CT molecular complexity index is 778. The number of hydrogen-bond acceptors (Lipinski definition) is 3. The highest BCUT2D eigenvalue weighted by molar-refractivity contribution is 6.02. The Hall–Kier alpha value is -1.94. The van der Waals surface area contributed by atoms with E-state index in [1.165, 1.54) is 0 Å². The molecule has 0 fully saturated rings. The molecule has 0 aliphatic carbocycles. The second-order valence-corrected chi connectivity index (χ2v) is 5.78. The normalized spacial score (nSPS) is 13.0. The van der Waals surface area contributed by atoms with Crippen LogP contribution < -0.4 is 0 Å². The van der Waals surface area contributed by atoms with Gasteiger partial charge in [0.05, 0.1) is 29.9 Å². The molecule has 0 spiro atoms. The highest BCUT2D eigenvalue weighted by atomic mass is 16.3. The van der Waals surface area contributed by atoms with Crippen molar-refractivity contribution in [3.8, 4) is 0 Å². The van der Waals surface area contributed by atoms with E-state index >= 15 is 0 Å². The lowest BCUT2D eigenvalue weighted by molar-refractivity contribution is 0.220. The number of pyridine rings is 1. The highest BCUT2D eigenvalue weighted by Gasteiger charge is 2.19. The minimum Gasteiger partial charge on any atom is -0.394 e. The van der Waals surface area contributed by atoms with E-state index in [1.54, 1.807) is 0 Å². The smallest absolute Gasteiger partial charge is 0.110 e. The molecule has 0 aliphatic heterocycles. The van der Waals surface area contributed by atoms with Crippen LogP contribution in [0.15, 0.2) is 30.5 Å². The molecule has 0 saturated heterocycles. The fraction of sp³-hybridized carbons (Fsp3) is 0.444. The van der Waals surface area contributed by atoms with Gasteiger partial charge in [-0.05, 0) is 18.9 Å². The predicted molar refractivity (Wildman–Crippen MR) is 90.1 cm³/mol. The molecule has 1 atom stereocenters. The van der Waals surface area contributed by atoms with Crippen LogP contribution in [-0.4, -0.2) is 26.2 Å². The monoisotopic (exact) mass is 297 g/mol. The van der Waals surface area contributed by atoms with E-state index in [4.69, 9.17) is 4.98 Å². The molecule has 116 valence electrons. The Kier molecular flexibility index (Phi) is 4.39. The van der Waals surface area contributed by atoms with Gasteiger partial charge in [-0.2, -0.15) is 0 Å².